The normalized spacial score (nSPS) is 21.0. The third kappa shape index (κ3) is 6.57. The van der Waals surface area contributed by atoms with Gasteiger partial charge in [0, 0.05) is 60.7 Å². The van der Waals surface area contributed by atoms with Gasteiger partial charge in [-0.2, -0.15) is 0 Å². The predicted octanol–water partition coefficient (Wildman–Crippen LogP) is 3.11. The third-order valence-corrected chi connectivity index (χ3v) is 6.43. The fourth-order valence-corrected chi connectivity index (χ4v) is 4.57. The molecule has 0 bridgehead atoms. The Bertz CT molecular complexity index is 977. The Kier molecular flexibility index (Phi) is 9.19. The summed E-state index contributed by atoms with van der Waals surface area (Å²) in [6.07, 6.45) is 10.5. The van der Waals surface area contributed by atoms with E-state index in [4.69, 9.17) is 20.6 Å². The fraction of sp³-hybridized carbons (Fsp3) is 0.462. The van der Waals surface area contributed by atoms with E-state index in [0.717, 1.165) is 19.3 Å². The molecule has 0 saturated carbocycles. The van der Waals surface area contributed by atoms with Gasteiger partial charge in [-0.15, -0.1) is 0 Å². The van der Waals surface area contributed by atoms with E-state index in [-0.39, 0.29) is 36.0 Å². The summed E-state index contributed by atoms with van der Waals surface area (Å²) in [4.78, 5) is 15.8. The number of anilines is 1. The SMILES string of the molecule is COc1cc(NC(C(=N)CC2C=CC=CN2)C(=O)N2CCCCC2/C(CN)=C(\C)O)cc(OC)c1. The molecule has 0 aromatic heterocycles. The van der Waals surface area contributed by atoms with Crippen molar-refractivity contribution in [2.75, 3.05) is 32.6 Å². The van der Waals surface area contributed by atoms with Crippen LogP contribution in [0.3, 0.4) is 0 Å². The Morgan fingerprint density at radius 2 is 1.97 bits per heavy atom. The second-order valence-corrected chi connectivity index (χ2v) is 8.78. The van der Waals surface area contributed by atoms with Crippen molar-refractivity contribution in [2.24, 2.45) is 5.73 Å². The maximum atomic E-state index is 14.0. The average Bonchev–Trinajstić information content (AvgIpc) is 2.87. The molecule has 2 aliphatic rings. The minimum absolute atomic E-state index is 0.0826. The van der Waals surface area contributed by atoms with E-state index in [2.05, 4.69) is 10.6 Å². The number of benzene rings is 1. The summed E-state index contributed by atoms with van der Waals surface area (Å²) in [6.45, 7) is 2.31. The topological polar surface area (TPSA) is 133 Å². The van der Waals surface area contributed by atoms with Gasteiger partial charge in [0.2, 0.25) is 0 Å². The molecular formula is C26H37N5O4. The number of nitrogens with two attached hydrogens (primary N) is 1. The molecule has 9 nitrogen and oxygen atoms in total. The number of aliphatic hydroxyl groups is 1. The molecule has 1 fully saturated rings. The van der Waals surface area contributed by atoms with E-state index in [1.54, 1.807) is 44.2 Å². The van der Waals surface area contributed by atoms with E-state index in [9.17, 15) is 9.90 Å². The van der Waals surface area contributed by atoms with Gasteiger partial charge in [-0.3, -0.25) is 4.79 Å². The first-order valence-electron chi connectivity index (χ1n) is 11.9. The number of methoxy groups -OCH3 is 2. The highest BCUT2D eigenvalue weighted by Crippen LogP contribution is 2.29. The van der Waals surface area contributed by atoms with Gasteiger partial charge >= 0.3 is 0 Å². The molecule has 3 atom stereocenters. The number of ether oxygens (including phenoxy) is 2. The molecule has 3 rings (SSSR count). The van der Waals surface area contributed by atoms with Crippen LogP contribution < -0.4 is 25.8 Å². The van der Waals surface area contributed by atoms with Crippen molar-refractivity contribution in [3.05, 3.63) is 54.0 Å². The number of rotatable bonds is 10. The minimum Gasteiger partial charge on any atom is -0.513 e. The second kappa shape index (κ2) is 12.3. The molecule has 9 heteroatoms. The van der Waals surface area contributed by atoms with E-state index < -0.39 is 6.04 Å². The maximum absolute atomic E-state index is 14.0. The molecule has 3 unspecified atom stereocenters. The molecule has 1 saturated heterocycles. The smallest absolute Gasteiger partial charge is 0.251 e. The molecule has 0 radical (unpaired) electrons. The highest BCUT2D eigenvalue weighted by molar-refractivity contribution is 6.09. The number of nitrogens with one attached hydrogen (secondary N) is 3. The van der Waals surface area contributed by atoms with Crippen molar-refractivity contribution in [3.8, 4) is 11.5 Å². The van der Waals surface area contributed by atoms with Crippen LogP contribution in [0.5, 0.6) is 11.5 Å². The Labute approximate surface area is 207 Å². The van der Waals surface area contributed by atoms with Crippen LogP contribution in [0.25, 0.3) is 0 Å². The van der Waals surface area contributed by atoms with Crippen LogP contribution in [0.4, 0.5) is 5.69 Å². The maximum Gasteiger partial charge on any atom is 0.251 e. The number of carbonyl (C=O) groups is 1. The molecule has 0 aliphatic carbocycles. The number of likely N-dealkylation sites (tertiary alicyclic amines) is 1. The molecule has 2 heterocycles. The van der Waals surface area contributed by atoms with Crippen molar-refractivity contribution in [2.45, 2.75) is 50.7 Å². The second-order valence-electron chi connectivity index (χ2n) is 8.78. The summed E-state index contributed by atoms with van der Waals surface area (Å²) in [5.41, 5.74) is 7.47. The lowest BCUT2D eigenvalue weighted by molar-refractivity contribution is -0.133. The first kappa shape index (κ1) is 26.2. The average molecular weight is 484 g/mol. The van der Waals surface area contributed by atoms with Gasteiger partial charge in [0.25, 0.3) is 5.91 Å². The van der Waals surface area contributed by atoms with Crippen molar-refractivity contribution >= 4 is 17.3 Å². The molecule has 35 heavy (non-hydrogen) atoms. The van der Waals surface area contributed by atoms with Crippen LogP contribution in [0, 0.1) is 5.41 Å². The summed E-state index contributed by atoms with van der Waals surface area (Å²) >= 11 is 0. The number of allylic oxidation sites excluding steroid dienone is 3. The molecule has 0 spiro atoms. The molecular weight excluding hydrogens is 446 g/mol. The van der Waals surface area contributed by atoms with Crippen LogP contribution in [-0.2, 0) is 4.79 Å². The monoisotopic (exact) mass is 483 g/mol. The quantitative estimate of drug-likeness (QED) is 0.255. The summed E-state index contributed by atoms with van der Waals surface area (Å²) in [6, 6.07) is 4.01. The lowest BCUT2D eigenvalue weighted by atomic mass is 9.92. The van der Waals surface area contributed by atoms with E-state index in [0.29, 0.717) is 35.7 Å². The van der Waals surface area contributed by atoms with E-state index >= 15 is 0 Å². The number of carbonyl (C=O) groups excluding carboxylic acids is 1. The Morgan fingerprint density at radius 1 is 1.26 bits per heavy atom. The van der Waals surface area contributed by atoms with Gasteiger partial charge in [-0.05, 0) is 38.5 Å². The predicted molar refractivity (Wildman–Crippen MR) is 138 cm³/mol. The third-order valence-electron chi connectivity index (χ3n) is 6.43. The first-order valence-corrected chi connectivity index (χ1v) is 11.9. The summed E-state index contributed by atoms with van der Waals surface area (Å²) in [5.74, 6) is 1.08. The van der Waals surface area contributed by atoms with Crippen molar-refractivity contribution in [1.29, 1.82) is 5.41 Å². The van der Waals surface area contributed by atoms with E-state index in [1.807, 2.05) is 24.4 Å². The number of amides is 1. The van der Waals surface area contributed by atoms with Gasteiger partial charge in [-0.1, -0.05) is 12.2 Å². The zero-order valence-corrected chi connectivity index (χ0v) is 20.7. The number of hydrogen-bond acceptors (Lipinski definition) is 8. The standard InChI is InChI=1S/C26H37N5O4/c1-17(32)22(16-27)24-9-5-7-11-31(24)26(33)25(23(28)14-18-8-4-6-10-29-18)30-19-12-20(34-2)15-21(13-19)35-3/h4,6,8,10,12-13,15,18,24-25,28-30,32H,5,7,9,11,14,16,27H2,1-3H3/b22-17+,28-23?. The Balaban J connectivity index is 1.94. The summed E-state index contributed by atoms with van der Waals surface area (Å²) < 4.78 is 10.8. The number of aliphatic hydroxyl groups excluding tert-OH is 1. The number of dihydropyridines is 1. The van der Waals surface area contributed by atoms with Crippen molar-refractivity contribution in [1.82, 2.24) is 10.2 Å². The molecule has 6 N–H and O–H groups in total. The highest BCUT2D eigenvalue weighted by atomic mass is 16.5. The van der Waals surface area contributed by atoms with Gasteiger partial charge < -0.3 is 41.3 Å². The van der Waals surface area contributed by atoms with Gasteiger partial charge in [0.15, 0.2) is 0 Å². The zero-order valence-electron chi connectivity index (χ0n) is 20.7. The largest absolute Gasteiger partial charge is 0.513 e. The van der Waals surface area contributed by atoms with Crippen LogP contribution in [0.2, 0.25) is 0 Å². The zero-order chi connectivity index (χ0) is 25.4. The van der Waals surface area contributed by atoms with Gasteiger partial charge in [0.1, 0.15) is 17.5 Å². The number of hydrogen-bond donors (Lipinski definition) is 5. The molecule has 190 valence electrons. The van der Waals surface area contributed by atoms with Crippen molar-refractivity contribution < 1.29 is 19.4 Å². The fourth-order valence-electron chi connectivity index (χ4n) is 4.57. The van der Waals surface area contributed by atoms with Gasteiger partial charge in [-0.25, -0.2) is 0 Å². The van der Waals surface area contributed by atoms with Crippen LogP contribution in [0.1, 0.15) is 32.6 Å². The minimum atomic E-state index is -0.911. The van der Waals surface area contributed by atoms with Crippen molar-refractivity contribution in [3.63, 3.8) is 0 Å². The first-order chi connectivity index (χ1) is 16.9. The molecule has 2 aliphatic heterocycles. The van der Waals surface area contributed by atoms with Crippen LogP contribution in [0.15, 0.2) is 54.0 Å². The molecule has 1 amide bonds. The molecule has 1 aromatic carbocycles. The molecule has 1 aromatic rings. The summed E-state index contributed by atoms with van der Waals surface area (Å²) in [5, 5.41) is 25.6. The Morgan fingerprint density at radius 3 is 2.54 bits per heavy atom. The highest BCUT2D eigenvalue weighted by Gasteiger charge is 2.36. The lowest BCUT2D eigenvalue weighted by Gasteiger charge is -2.39. The van der Waals surface area contributed by atoms with E-state index in [1.165, 1.54) is 0 Å². The Hall–Kier alpha value is -3.46. The van der Waals surface area contributed by atoms with Crippen LogP contribution in [-0.4, -0.2) is 67.1 Å². The van der Waals surface area contributed by atoms with Crippen LogP contribution >= 0.6 is 0 Å². The number of nitrogens with zero attached hydrogens (tertiary/aromatic N) is 1. The number of piperidine rings is 1. The lowest BCUT2D eigenvalue weighted by Crippen LogP contribution is -2.54. The van der Waals surface area contributed by atoms with Gasteiger partial charge in [0.05, 0.1) is 26.0 Å². The summed E-state index contributed by atoms with van der Waals surface area (Å²) in [7, 11) is 3.13.